The molecular formula is C13H17NO4. The van der Waals surface area contributed by atoms with Crippen molar-refractivity contribution < 1.29 is 19.4 Å². The number of carboxylic acids is 1. The largest absolute Gasteiger partial charge is 0.478 e. The van der Waals surface area contributed by atoms with Gasteiger partial charge in [-0.25, -0.2) is 9.59 Å². The van der Waals surface area contributed by atoms with E-state index >= 15 is 0 Å². The van der Waals surface area contributed by atoms with E-state index in [2.05, 4.69) is 0 Å². The zero-order valence-electron chi connectivity index (χ0n) is 10.9. The molecule has 1 aromatic carbocycles. The van der Waals surface area contributed by atoms with Crippen LogP contribution in [0.2, 0.25) is 0 Å². The predicted octanol–water partition coefficient (Wildman–Crippen LogP) is 2.23. The number of nitrogens with two attached hydrogens (primary N) is 1. The van der Waals surface area contributed by atoms with Crippen LogP contribution in [0, 0.1) is 6.92 Å². The lowest BCUT2D eigenvalue weighted by atomic mass is 10.0. The zero-order valence-corrected chi connectivity index (χ0v) is 10.9. The molecule has 0 radical (unpaired) electrons. The summed E-state index contributed by atoms with van der Waals surface area (Å²) in [7, 11) is 0. The second kappa shape index (κ2) is 4.68. The van der Waals surface area contributed by atoms with Crippen molar-refractivity contribution in [2.75, 3.05) is 5.73 Å². The summed E-state index contributed by atoms with van der Waals surface area (Å²) in [4.78, 5) is 22.9. The Balaban J connectivity index is 3.21. The Morgan fingerprint density at radius 3 is 2.22 bits per heavy atom. The van der Waals surface area contributed by atoms with E-state index in [4.69, 9.17) is 15.6 Å². The molecule has 0 aliphatic rings. The number of carbonyl (C=O) groups is 2. The summed E-state index contributed by atoms with van der Waals surface area (Å²) in [6, 6.07) is 2.71. The molecule has 1 rings (SSSR count). The fourth-order valence-electron chi connectivity index (χ4n) is 1.47. The summed E-state index contributed by atoms with van der Waals surface area (Å²) in [6.45, 7) is 6.92. The molecular weight excluding hydrogens is 234 g/mol. The number of benzene rings is 1. The van der Waals surface area contributed by atoms with Gasteiger partial charge in [0.25, 0.3) is 0 Å². The van der Waals surface area contributed by atoms with Gasteiger partial charge in [-0.15, -0.1) is 0 Å². The van der Waals surface area contributed by atoms with Gasteiger partial charge in [-0.05, 0) is 45.4 Å². The van der Waals surface area contributed by atoms with E-state index < -0.39 is 17.5 Å². The van der Waals surface area contributed by atoms with Gasteiger partial charge in [0.05, 0.1) is 11.1 Å². The lowest BCUT2D eigenvalue weighted by molar-refractivity contribution is 0.00688. The molecule has 0 aromatic heterocycles. The van der Waals surface area contributed by atoms with Crippen LogP contribution in [-0.4, -0.2) is 22.6 Å². The van der Waals surface area contributed by atoms with Crippen LogP contribution in [-0.2, 0) is 4.74 Å². The molecule has 18 heavy (non-hydrogen) atoms. The number of esters is 1. The van der Waals surface area contributed by atoms with E-state index in [-0.39, 0.29) is 16.8 Å². The zero-order chi connectivity index (χ0) is 14.1. The van der Waals surface area contributed by atoms with Crippen molar-refractivity contribution in [2.24, 2.45) is 0 Å². The molecule has 3 N–H and O–H groups in total. The van der Waals surface area contributed by atoms with Crippen LogP contribution in [0.4, 0.5) is 5.69 Å². The van der Waals surface area contributed by atoms with Gasteiger partial charge in [0, 0.05) is 5.69 Å². The van der Waals surface area contributed by atoms with Crippen LogP contribution in [0.15, 0.2) is 12.1 Å². The molecule has 0 spiro atoms. The number of hydrogen-bond acceptors (Lipinski definition) is 4. The maximum Gasteiger partial charge on any atom is 0.338 e. The fraction of sp³-hybridized carbons (Fsp3) is 0.385. The average Bonchev–Trinajstić information content (AvgIpc) is 2.13. The molecule has 0 saturated carbocycles. The maximum absolute atomic E-state index is 11.9. The molecule has 0 unspecified atom stereocenters. The number of aryl methyl sites for hydroxylation is 1. The van der Waals surface area contributed by atoms with E-state index in [1.807, 2.05) is 0 Å². The average molecular weight is 251 g/mol. The Morgan fingerprint density at radius 2 is 1.78 bits per heavy atom. The number of carboxylic acid groups (broad SMARTS) is 1. The third-order valence-electron chi connectivity index (χ3n) is 2.25. The van der Waals surface area contributed by atoms with Gasteiger partial charge in [-0.1, -0.05) is 0 Å². The highest BCUT2D eigenvalue weighted by Crippen LogP contribution is 2.21. The van der Waals surface area contributed by atoms with Crippen LogP contribution in [0.25, 0.3) is 0 Å². The number of rotatable bonds is 2. The summed E-state index contributed by atoms with van der Waals surface area (Å²) in [5.74, 6) is -1.72. The predicted molar refractivity (Wildman–Crippen MR) is 67.7 cm³/mol. The Hall–Kier alpha value is -2.04. The number of ether oxygens (including phenoxy) is 1. The Morgan fingerprint density at radius 1 is 1.22 bits per heavy atom. The van der Waals surface area contributed by atoms with Gasteiger partial charge in [0.2, 0.25) is 0 Å². The second-order valence-corrected chi connectivity index (χ2v) is 5.06. The summed E-state index contributed by atoms with van der Waals surface area (Å²) in [5.41, 5.74) is 5.80. The number of nitrogen functional groups attached to an aromatic ring is 1. The topological polar surface area (TPSA) is 89.6 Å². The first-order valence-corrected chi connectivity index (χ1v) is 5.48. The third kappa shape index (κ3) is 3.23. The molecule has 0 aliphatic carbocycles. The highest BCUT2D eigenvalue weighted by molar-refractivity contribution is 5.99. The van der Waals surface area contributed by atoms with Gasteiger partial charge >= 0.3 is 11.9 Å². The molecule has 0 aliphatic heterocycles. The van der Waals surface area contributed by atoms with Crippen molar-refractivity contribution in [3.05, 3.63) is 28.8 Å². The summed E-state index contributed by atoms with van der Waals surface area (Å²) >= 11 is 0. The van der Waals surface area contributed by atoms with Crippen molar-refractivity contribution in [1.29, 1.82) is 0 Å². The smallest absolute Gasteiger partial charge is 0.338 e. The van der Waals surface area contributed by atoms with Gasteiger partial charge in [-0.3, -0.25) is 0 Å². The highest BCUT2D eigenvalue weighted by Gasteiger charge is 2.21. The summed E-state index contributed by atoms with van der Waals surface area (Å²) in [6.07, 6.45) is 0. The quantitative estimate of drug-likeness (QED) is 0.621. The first-order chi connectivity index (χ1) is 8.11. The van der Waals surface area contributed by atoms with Crippen molar-refractivity contribution in [1.82, 2.24) is 0 Å². The normalized spacial score (nSPS) is 11.1. The van der Waals surface area contributed by atoms with Gasteiger partial charge < -0.3 is 15.6 Å². The van der Waals surface area contributed by atoms with Crippen LogP contribution in [0.1, 0.15) is 47.1 Å². The SMILES string of the molecule is Cc1cc(N)c(C(=O)O)cc1C(=O)OC(C)(C)C. The Bertz CT molecular complexity index is 500. The lowest BCUT2D eigenvalue weighted by Crippen LogP contribution is -2.24. The van der Waals surface area contributed by atoms with Crippen LogP contribution in [0.3, 0.4) is 0 Å². The van der Waals surface area contributed by atoms with E-state index in [0.29, 0.717) is 5.56 Å². The van der Waals surface area contributed by atoms with Crippen LogP contribution < -0.4 is 5.73 Å². The van der Waals surface area contributed by atoms with Crippen molar-refractivity contribution in [3.63, 3.8) is 0 Å². The van der Waals surface area contributed by atoms with E-state index in [1.165, 1.54) is 12.1 Å². The van der Waals surface area contributed by atoms with Gasteiger partial charge in [0.15, 0.2) is 0 Å². The summed E-state index contributed by atoms with van der Waals surface area (Å²) in [5, 5.41) is 8.96. The van der Waals surface area contributed by atoms with E-state index in [9.17, 15) is 9.59 Å². The van der Waals surface area contributed by atoms with Crippen LogP contribution in [0.5, 0.6) is 0 Å². The van der Waals surface area contributed by atoms with E-state index in [1.54, 1.807) is 27.7 Å². The minimum atomic E-state index is -1.17. The first-order valence-electron chi connectivity index (χ1n) is 5.48. The fourth-order valence-corrected chi connectivity index (χ4v) is 1.47. The van der Waals surface area contributed by atoms with Crippen LogP contribution >= 0.6 is 0 Å². The third-order valence-corrected chi connectivity index (χ3v) is 2.25. The molecule has 5 heteroatoms. The molecule has 0 saturated heterocycles. The first kappa shape index (κ1) is 14.0. The minimum Gasteiger partial charge on any atom is -0.478 e. The number of hydrogen-bond donors (Lipinski definition) is 2. The molecule has 0 atom stereocenters. The molecule has 5 nitrogen and oxygen atoms in total. The molecule has 98 valence electrons. The molecule has 0 bridgehead atoms. The van der Waals surface area contributed by atoms with Crippen molar-refractivity contribution >= 4 is 17.6 Å². The molecule has 0 amide bonds. The number of anilines is 1. The highest BCUT2D eigenvalue weighted by atomic mass is 16.6. The maximum atomic E-state index is 11.9. The van der Waals surface area contributed by atoms with E-state index in [0.717, 1.165) is 0 Å². The number of carbonyl (C=O) groups excluding carboxylic acids is 1. The monoisotopic (exact) mass is 251 g/mol. The number of aromatic carboxylic acids is 1. The second-order valence-electron chi connectivity index (χ2n) is 5.06. The minimum absolute atomic E-state index is 0.0959. The van der Waals surface area contributed by atoms with Crippen molar-refractivity contribution in [3.8, 4) is 0 Å². The standard InChI is InChI=1S/C13H17NO4/c1-7-5-10(14)9(11(15)16)6-8(7)12(17)18-13(2,3)4/h5-6H,14H2,1-4H3,(H,15,16). The molecule has 0 heterocycles. The van der Waals surface area contributed by atoms with Gasteiger partial charge in [0.1, 0.15) is 5.60 Å². The Kier molecular flexibility index (Phi) is 3.65. The molecule has 1 aromatic rings. The van der Waals surface area contributed by atoms with Gasteiger partial charge in [-0.2, -0.15) is 0 Å². The Labute approximate surface area is 106 Å². The molecule has 0 fully saturated rings. The van der Waals surface area contributed by atoms with Crippen molar-refractivity contribution in [2.45, 2.75) is 33.3 Å². The lowest BCUT2D eigenvalue weighted by Gasteiger charge is -2.20. The summed E-state index contributed by atoms with van der Waals surface area (Å²) < 4.78 is 5.21.